The normalized spacial score (nSPS) is 16.0. The molecule has 3 aromatic carbocycles. The summed E-state index contributed by atoms with van der Waals surface area (Å²) in [6.07, 6.45) is 5.35. The zero-order chi connectivity index (χ0) is 42.1. The lowest BCUT2D eigenvalue weighted by Gasteiger charge is -2.24. The number of aromatic hydroxyl groups is 2. The topological polar surface area (TPSA) is 194 Å². The molecule has 1 aromatic heterocycles. The molecule has 15 heteroatoms. The number of allylic oxidation sites excluding steroid dienone is 1. The van der Waals surface area contributed by atoms with Crippen LogP contribution < -0.4 is 34.6 Å². The number of phenols is 2. The van der Waals surface area contributed by atoms with Crippen LogP contribution in [0.2, 0.25) is 0 Å². The fourth-order valence-corrected chi connectivity index (χ4v) is 7.20. The molecule has 0 bridgehead atoms. The Bertz CT molecular complexity index is 2240. The second-order valence-electron chi connectivity index (χ2n) is 14.0. The zero-order valence-corrected chi connectivity index (χ0v) is 33.9. The smallest absolute Gasteiger partial charge is 0.342 e. The minimum absolute atomic E-state index is 0.0186. The highest BCUT2D eigenvalue weighted by molar-refractivity contribution is 5.98. The summed E-state index contributed by atoms with van der Waals surface area (Å²) in [5, 5.41) is 26.9. The summed E-state index contributed by atoms with van der Waals surface area (Å²) >= 11 is 0. The number of amides is 1. The van der Waals surface area contributed by atoms with Gasteiger partial charge in [0, 0.05) is 49.9 Å². The standard InChI is InChI=1S/C43H51N3O12/c1-24-12-11-15-28(47)14-10-8-9-13-26-18-32(48)39(40(50)38(26)43(52)58-24)29(27-19-35(55-5)41(57-7)36(20-27)56-6)22-37(49)44-16-17-46-25(2)45-31-23-34(54-4)33(53-3)21-30(31)42(46)51/h9,13,18-21,23-24,29,48,50H,8,10-12,14-17,22H2,1-7H3,(H,44,49)/b13-9+/t24-,29?/m0/s1. The third-order valence-electron chi connectivity index (χ3n) is 10.2. The first-order valence-electron chi connectivity index (χ1n) is 19.0. The Morgan fingerprint density at radius 1 is 0.914 bits per heavy atom. The molecule has 15 nitrogen and oxygen atoms in total. The van der Waals surface area contributed by atoms with E-state index in [4.69, 9.17) is 28.4 Å². The largest absolute Gasteiger partial charge is 0.507 e. The van der Waals surface area contributed by atoms with Crippen LogP contribution in [0.25, 0.3) is 17.0 Å². The number of esters is 1. The number of rotatable bonds is 12. The lowest BCUT2D eigenvalue weighted by Crippen LogP contribution is -2.33. The molecular weight excluding hydrogens is 750 g/mol. The van der Waals surface area contributed by atoms with Crippen LogP contribution in [0.1, 0.15) is 90.7 Å². The van der Waals surface area contributed by atoms with E-state index in [0.29, 0.717) is 72.3 Å². The quantitative estimate of drug-likeness (QED) is 0.142. The molecular formula is C43H51N3O12. The predicted octanol–water partition coefficient (Wildman–Crippen LogP) is 5.98. The number of nitrogens with one attached hydrogen (secondary N) is 1. The van der Waals surface area contributed by atoms with Crippen molar-refractivity contribution in [1.29, 1.82) is 0 Å². The number of hydrogen-bond donors (Lipinski definition) is 3. The Morgan fingerprint density at radius 3 is 2.22 bits per heavy atom. The molecule has 1 amide bonds. The Kier molecular flexibility index (Phi) is 14.2. The van der Waals surface area contributed by atoms with Gasteiger partial charge in [-0.1, -0.05) is 12.2 Å². The molecule has 3 N–H and O–H groups in total. The van der Waals surface area contributed by atoms with Crippen molar-refractivity contribution in [1.82, 2.24) is 14.9 Å². The fourth-order valence-electron chi connectivity index (χ4n) is 7.20. The Balaban J connectivity index is 1.54. The molecule has 310 valence electrons. The van der Waals surface area contributed by atoms with Gasteiger partial charge in [-0.25, -0.2) is 9.78 Å². The van der Waals surface area contributed by atoms with Crippen molar-refractivity contribution in [3.05, 3.63) is 74.8 Å². The molecule has 0 aliphatic carbocycles. The van der Waals surface area contributed by atoms with E-state index in [1.807, 2.05) is 0 Å². The first kappa shape index (κ1) is 42.9. The molecule has 0 spiro atoms. The van der Waals surface area contributed by atoms with Gasteiger partial charge in [-0.05, 0) is 74.9 Å². The number of ketones is 1. The van der Waals surface area contributed by atoms with Crippen LogP contribution >= 0.6 is 0 Å². The predicted molar refractivity (Wildman–Crippen MR) is 216 cm³/mol. The van der Waals surface area contributed by atoms with Crippen LogP contribution in [-0.4, -0.2) is 85.6 Å². The number of aromatic nitrogens is 2. The fraction of sp³-hybridized carbons (Fsp3) is 0.419. The number of nitrogens with zero attached hydrogens (tertiary/aromatic N) is 2. The average molecular weight is 802 g/mol. The van der Waals surface area contributed by atoms with Crippen molar-refractivity contribution < 1.29 is 53.0 Å². The van der Waals surface area contributed by atoms with E-state index in [1.54, 1.807) is 50.3 Å². The second kappa shape index (κ2) is 19.3. The lowest BCUT2D eigenvalue weighted by atomic mass is 9.84. The monoisotopic (exact) mass is 801 g/mol. The number of benzene rings is 3. The Hall–Kier alpha value is -6.25. The van der Waals surface area contributed by atoms with Crippen LogP contribution in [0, 0.1) is 6.92 Å². The number of cyclic esters (lactones) is 1. The number of methoxy groups -OCH3 is 5. The number of aryl methyl sites for hydroxylation is 1. The van der Waals surface area contributed by atoms with Gasteiger partial charge in [0.2, 0.25) is 11.7 Å². The van der Waals surface area contributed by atoms with Crippen molar-refractivity contribution >= 4 is 34.6 Å². The maximum Gasteiger partial charge on any atom is 0.342 e. The zero-order valence-electron chi connectivity index (χ0n) is 33.9. The van der Waals surface area contributed by atoms with Crippen LogP contribution in [0.15, 0.2) is 41.2 Å². The summed E-state index contributed by atoms with van der Waals surface area (Å²) < 4.78 is 34.7. The van der Waals surface area contributed by atoms with Gasteiger partial charge in [0.1, 0.15) is 28.7 Å². The van der Waals surface area contributed by atoms with Gasteiger partial charge in [-0.2, -0.15) is 0 Å². The van der Waals surface area contributed by atoms with E-state index in [9.17, 15) is 29.4 Å². The number of ether oxygens (including phenoxy) is 6. The van der Waals surface area contributed by atoms with Gasteiger partial charge in [0.05, 0.1) is 52.6 Å². The lowest BCUT2D eigenvalue weighted by molar-refractivity contribution is -0.121. The minimum Gasteiger partial charge on any atom is -0.507 e. The van der Waals surface area contributed by atoms with Gasteiger partial charge in [-0.15, -0.1) is 0 Å². The van der Waals surface area contributed by atoms with Crippen molar-refractivity contribution in [3.63, 3.8) is 0 Å². The molecule has 0 saturated carbocycles. The third-order valence-corrected chi connectivity index (χ3v) is 10.2. The molecule has 1 aliphatic rings. The second-order valence-corrected chi connectivity index (χ2v) is 14.0. The van der Waals surface area contributed by atoms with Gasteiger partial charge in [0.15, 0.2) is 23.0 Å². The third kappa shape index (κ3) is 9.47. The van der Waals surface area contributed by atoms with E-state index in [2.05, 4.69) is 10.3 Å². The average Bonchev–Trinajstić information content (AvgIpc) is 3.19. The minimum atomic E-state index is -1.08. The van der Waals surface area contributed by atoms with E-state index in [1.165, 1.54) is 46.2 Å². The number of fused-ring (bicyclic) bond motifs is 2. The van der Waals surface area contributed by atoms with Crippen LogP contribution in [-0.2, 0) is 20.9 Å². The molecule has 0 saturated heterocycles. The van der Waals surface area contributed by atoms with Gasteiger partial charge in [-0.3, -0.25) is 19.0 Å². The Labute approximate surface area is 336 Å². The summed E-state index contributed by atoms with van der Waals surface area (Å²) in [6, 6.07) is 7.72. The Morgan fingerprint density at radius 2 is 1.57 bits per heavy atom. The van der Waals surface area contributed by atoms with Crippen molar-refractivity contribution in [3.8, 4) is 40.2 Å². The molecule has 58 heavy (non-hydrogen) atoms. The molecule has 1 aliphatic heterocycles. The summed E-state index contributed by atoms with van der Waals surface area (Å²) in [6.45, 7) is 3.49. The summed E-state index contributed by atoms with van der Waals surface area (Å²) in [4.78, 5) is 58.2. The van der Waals surface area contributed by atoms with Gasteiger partial charge >= 0.3 is 5.97 Å². The van der Waals surface area contributed by atoms with E-state index in [0.717, 1.165) is 0 Å². The van der Waals surface area contributed by atoms with Crippen LogP contribution in [0.5, 0.6) is 40.2 Å². The molecule has 5 rings (SSSR count). The van der Waals surface area contributed by atoms with Crippen LogP contribution in [0.3, 0.4) is 0 Å². The van der Waals surface area contributed by atoms with E-state index in [-0.39, 0.29) is 70.5 Å². The SMILES string of the molecule is COc1cc2nc(C)n(CCNC(=O)CC(c3cc(OC)c(OC)c(OC)c3)c3c(O)cc4c(c3O)C(=O)O[C@@H](C)CCCC(=O)CCC/C=C/4)c(=O)c2cc1OC. The number of Topliss-reactive ketones (excluding diaryl/α,β-unsaturated/α-hetero) is 1. The van der Waals surface area contributed by atoms with Crippen molar-refractivity contribution in [2.24, 2.45) is 0 Å². The van der Waals surface area contributed by atoms with E-state index >= 15 is 0 Å². The highest BCUT2D eigenvalue weighted by Crippen LogP contribution is 2.48. The molecule has 4 aromatic rings. The van der Waals surface area contributed by atoms with Crippen LogP contribution in [0.4, 0.5) is 0 Å². The van der Waals surface area contributed by atoms with Gasteiger partial charge < -0.3 is 44.0 Å². The van der Waals surface area contributed by atoms with Crippen molar-refractivity contribution in [2.75, 3.05) is 42.1 Å². The maximum atomic E-state index is 13.9. The van der Waals surface area contributed by atoms with Gasteiger partial charge in [0.25, 0.3) is 5.56 Å². The molecule has 0 radical (unpaired) electrons. The highest BCUT2D eigenvalue weighted by atomic mass is 16.5. The first-order valence-corrected chi connectivity index (χ1v) is 19.0. The number of hydrogen-bond acceptors (Lipinski definition) is 13. The molecule has 2 heterocycles. The molecule has 0 fully saturated rings. The summed E-state index contributed by atoms with van der Waals surface area (Å²) in [7, 11) is 7.27. The molecule has 1 unspecified atom stereocenters. The number of carbonyl (C=O) groups excluding carboxylic acids is 3. The summed E-state index contributed by atoms with van der Waals surface area (Å²) in [5.74, 6) is -1.24. The number of phenolic OH excluding ortho intramolecular Hbond substituents is 2. The molecule has 2 atom stereocenters. The first-order chi connectivity index (χ1) is 27.8. The highest BCUT2D eigenvalue weighted by Gasteiger charge is 2.32. The summed E-state index contributed by atoms with van der Waals surface area (Å²) in [5.41, 5.74) is 0.383. The maximum absolute atomic E-state index is 13.9. The van der Waals surface area contributed by atoms with E-state index < -0.39 is 29.6 Å². The van der Waals surface area contributed by atoms with Crippen molar-refractivity contribution in [2.45, 2.75) is 77.4 Å². The number of carbonyl (C=O) groups is 3.